The topological polar surface area (TPSA) is 47.6 Å². The molecule has 0 aromatic heterocycles. The first-order chi connectivity index (χ1) is 10.7. The quantitative estimate of drug-likeness (QED) is 0.912. The van der Waals surface area contributed by atoms with E-state index in [4.69, 9.17) is 9.47 Å². The molecule has 3 aliphatic rings. The summed E-state index contributed by atoms with van der Waals surface area (Å²) in [6.45, 7) is 2.21. The molecule has 0 bridgehead atoms. The second-order valence-corrected chi connectivity index (χ2v) is 6.83. The van der Waals surface area contributed by atoms with E-state index in [0.717, 1.165) is 32.2 Å². The molecule has 4 heteroatoms. The smallest absolute Gasteiger partial charge is 0.220 e. The third kappa shape index (κ3) is 2.25. The largest absolute Gasteiger partial charge is 0.356 e. The number of carbonyl (C=O) groups excluding carboxylic acids is 1. The molecule has 4 nitrogen and oxygen atoms in total. The van der Waals surface area contributed by atoms with Gasteiger partial charge in [0.15, 0.2) is 5.79 Å². The number of hydrogen-bond acceptors (Lipinski definition) is 3. The average molecular weight is 301 g/mol. The van der Waals surface area contributed by atoms with Crippen molar-refractivity contribution in [3.05, 3.63) is 35.9 Å². The molecule has 1 unspecified atom stereocenters. The van der Waals surface area contributed by atoms with Crippen LogP contribution in [0.5, 0.6) is 0 Å². The van der Waals surface area contributed by atoms with Crippen molar-refractivity contribution >= 4 is 5.91 Å². The van der Waals surface area contributed by atoms with Gasteiger partial charge in [-0.3, -0.25) is 4.79 Å². The van der Waals surface area contributed by atoms with Gasteiger partial charge in [-0.05, 0) is 24.3 Å². The first kappa shape index (κ1) is 14.2. The Morgan fingerprint density at radius 1 is 1.00 bits per heavy atom. The second kappa shape index (κ2) is 5.36. The molecule has 118 valence electrons. The monoisotopic (exact) mass is 301 g/mol. The van der Waals surface area contributed by atoms with E-state index < -0.39 is 0 Å². The molecule has 1 spiro atoms. The molecule has 1 N–H and O–H groups in total. The van der Waals surface area contributed by atoms with Gasteiger partial charge in [0.05, 0.1) is 13.2 Å². The Hall–Kier alpha value is -1.39. The maximum absolute atomic E-state index is 11.8. The van der Waals surface area contributed by atoms with E-state index in [1.54, 1.807) is 0 Å². The Morgan fingerprint density at radius 2 is 1.68 bits per heavy atom. The summed E-state index contributed by atoms with van der Waals surface area (Å²) in [6.07, 6.45) is 4.54. The molecule has 2 heterocycles. The molecule has 2 aliphatic heterocycles. The molecule has 0 radical (unpaired) electrons. The Balaban J connectivity index is 1.64. The lowest BCUT2D eigenvalue weighted by molar-refractivity contribution is -0.187. The first-order valence-electron chi connectivity index (χ1n) is 8.33. The van der Waals surface area contributed by atoms with Crippen LogP contribution >= 0.6 is 0 Å². The predicted octanol–water partition coefficient (Wildman–Crippen LogP) is 2.38. The zero-order chi connectivity index (χ0) is 15.0. The molecule has 22 heavy (non-hydrogen) atoms. The highest BCUT2D eigenvalue weighted by molar-refractivity contribution is 5.78. The second-order valence-electron chi connectivity index (χ2n) is 6.83. The Bertz CT molecular complexity index is 541. The van der Waals surface area contributed by atoms with E-state index >= 15 is 0 Å². The van der Waals surface area contributed by atoms with Crippen LogP contribution in [-0.2, 0) is 19.7 Å². The van der Waals surface area contributed by atoms with Gasteiger partial charge in [0.2, 0.25) is 5.91 Å². The molecule has 1 aromatic carbocycles. The summed E-state index contributed by atoms with van der Waals surface area (Å²) < 4.78 is 11.8. The van der Waals surface area contributed by atoms with Crippen molar-refractivity contribution in [3.63, 3.8) is 0 Å². The van der Waals surface area contributed by atoms with Crippen molar-refractivity contribution in [2.75, 3.05) is 19.8 Å². The summed E-state index contributed by atoms with van der Waals surface area (Å²) in [6, 6.07) is 10.7. The lowest BCUT2D eigenvalue weighted by atomic mass is 9.60. The van der Waals surface area contributed by atoms with Crippen LogP contribution in [0.15, 0.2) is 30.3 Å². The number of benzene rings is 1. The fraction of sp³-hybridized carbons (Fsp3) is 0.611. The van der Waals surface area contributed by atoms with Crippen LogP contribution in [0.4, 0.5) is 0 Å². The number of hydrogen-bond donors (Lipinski definition) is 1. The molecular weight excluding hydrogens is 278 g/mol. The summed E-state index contributed by atoms with van der Waals surface area (Å²) in [5.41, 5.74) is 1.44. The Morgan fingerprint density at radius 3 is 2.27 bits per heavy atom. The average Bonchev–Trinajstić information content (AvgIpc) is 3.20. The molecule has 2 saturated heterocycles. The standard InChI is InChI=1S/C18H23NO3/c20-16-12-15(13-19-16)17(14-4-2-1-3-5-14)6-8-18(9-7-17)21-10-11-22-18/h1-5,15H,6-13H2,(H,19,20). The Labute approximate surface area is 131 Å². The summed E-state index contributed by atoms with van der Waals surface area (Å²) >= 11 is 0. The van der Waals surface area contributed by atoms with Gasteiger partial charge in [-0.2, -0.15) is 0 Å². The fourth-order valence-corrected chi connectivity index (χ4v) is 4.56. The van der Waals surface area contributed by atoms with Gasteiger partial charge in [-0.15, -0.1) is 0 Å². The minimum Gasteiger partial charge on any atom is -0.356 e. The summed E-state index contributed by atoms with van der Waals surface area (Å²) in [4.78, 5) is 11.8. The predicted molar refractivity (Wildman–Crippen MR) is 82.3 cm³/mol. The molecule has 1 amide bonds. The lowest BCUT2D eigenvalue weighted by Gasteiger charge is -2.47. The minimum atomic E-state index is -0.353. The number of amides is 1. The van der Waals surface area contributed by atoms with Gasteiger partial charge in [0, 0.05) is 31.2 Å². The van der Waals surface area contributed by atoms with Crippen molar-refractivity contribution < 1.29 is 14.3 Å². The van der Waals surface area contributed by atoms with E-state index in [0.29, 0.717) is 25.6 Å². The van der Waals surface area contributed by atoms with E-state index in [1.165, 1.54) is 5.56 Å². The molecule has 1 aliphatic carbocycles. The maximum Gasteiger partial charge on any atom is 0.220 e. The maximum atomic E-state index is 11.8. The molecule has 1 atom stereocenters. The number of ether oxygens (including phenoxy) is 2. The highest BCUT2D eigenvalue weighted by atomic mass is 16.7. The van der Waals surface area contributed by atoms with Crippen LogP contribution in [0, 0.1) is 5.92 Å². The summed E-state index contributed by atoms with van der Waals surface area (Å²) in [5.74, 6) is 0.212. The van der Waals surface area contributed by atoms with Crippen LogP contribution in [0.25, 0.3) is 0 Å². The van der Waals surface area contributed by atoms with Crippen LogP contribution < -0.4 is 5.32 Å². The van der Waals surface area contributed by atoms with Gasteiger partial charge in [0.1, 0.15) is 0 Å². The van der Waals surface area contributed by atoms with Gasteiger partial charge in [-0.25, -0.2) is 0 Å². The van der Waals surface area contributed by atoms with Crippen molar-refractivity contribution in [2.24, 2.45) is 5.92 Å². The van der Waals surface area contributed by atoms with Crippen molar-refractivity contribution in [3.8, 4) is 0 Å². The van der Waals surface area contributed by atoms with Crippen molar-refractivity contribution in [1.29, 1.82) is 0 Å². The molecule has 3 fully saturated rings. The highest BCUT2D eigenvalue weighted by Gasteiger charge is 2.51. The van der Waals surface area contributed by atoms with Gasteiger partial charge in [0.25, 0.3) is 0 Å². The lowest BCUT2D eigenvalue weighted by Crippen LogP contribution is -2.46. The third-order valence-electron chi connectivity index (χ3n) is 5.83. The molecule has 4 rings (SSSR count). The third-order valence-corrected chi connectivity index (χ3v) is 5.83. The van der Waals surface area contributed by atoms with Crippen molar-refractivity contribution in [1.82, 2.24) is 5.32 Å². The summed E-state index contributed by atoms with van der Waals surface area (Å²) in [5, 5.41) is 3.02. The van der Waals surface area contributed by atoms with Crippen molar-refractivity contribution in [2.45, 2.75) is 43.3 Å². The minimum absolute atomic E-state index is 0.0704. The zero-order valence-electron chi connectivity index (χ0n) is 12.8. The van der Waals surface area contributed by atoms with E-state index in [-0.39, 0.29) is 17.1 Å². The van der Waals surface area contributed by atoms with E-state index in [9.17, 15) is 4.79 Å². The SMILES string of the molecule is O=C1CC(C2(c3ccccc3)CCC3(CC2)OCCO3)CN1. The number of carbonyl (C=O) groups is 1. The van der Waals surface area contributed by atoms with Crippen LogP contribution in [-0.4, -0.2) is 31.5 Å². The number of nitrogens with one attached hydrogen (secondary N) is 1. The first-order valence-corrected chi connectivity index (χ1v) is 8.33. The van der Waals surface area contributed by atoms with Crippen LogP contribution in [0.3, 0.4) is 0 Å². The Kier molecular flexibility index (Phi) is 3.46. The van der Waals surface area contributed by atoms with E-state index in [1.807, 2.05) is 0 Å². The number of rotatable bonds is 2. The normalized spacial score (nSPS) is 29.6. The van der Waals surface area contributed by atoms with Gasteiger partial charge >= 0.3 is 0 Å². The van der Waals surface area contributed by atoms with Crippen LogP contribution in [0.1, 0.15) is 37.7 Å². The van der Waals surface area contributed by atoms with E-state index in [2.05, 4.69) is 35.6 Å². The molecule has 1 aromatic rings. The zero-order valence-corrected chi connectivity index (χ0v) is 12.8. The van der Waals surface area contributed by atoms with Gasteiger partial charge < -0.3 is 14.8 Å². The molecular formula is C18H23NO3. The fourth-order valence-electron chi connectivity index (χ4n) is 4.56. The van der Waals surface area contributed by atoms with Gasteiger partial charge in [-0.1, -0.05) is 30.3 Å². The molecule has 1 saturated carbocycles. The summed E-state index contributed by atoms with van der Waals surface area (Å²) in [7, 11) is 0. The highest BCUT2D eigenvalue weighted by Crippen LogP contribution is 2.51. The van der Waals surface area contributed by atoms with Crippen LogP contribution in [0.2, 0.25) is 0 Å².